The number of carboxylic acids is 1. The Morgan fingerprint density at radius 1 is 1.50 bits per heavy atom. The van der Waals surface area contributed by atoms with Gasteiger partial charge in [0.25, 0.3) is 0 Å². The van der Waals surface area contributed by atoms with E-state index in [0.29, 0.717) is 0 Å². The summed E-state index contributed by atoms with van der Waals surface area (Å²) < 4.78 is 10.2. The number of carboxylic acid groups (broad SMARTS) is 1. The lowest BCUT2D eigenvalue weighted by Gasteiger charge is -2.19. The van der Waals surface area contributed by atoms with Crippen LogP contribution in [-0.2, 0) is 14.3 Å². The topological polar surface area (TPSA) is 96.2 Å². The number of rotatable bonds is 3. The van der Waals surface area contributed by atoms with Gasteiger partial charge in [0, 0.05) is 0 Å². The molecule has 14 heavy (non-hydrogen) atoms. The van der Waals surface area contributed by atoms with Crippen LogP contribution in [0.2, 0.25) is 0 Å². The zero-order chi connectivity index (χ0) is 10.9. The van der Waals surface area contributed by atoms with E-state index in [1.165, 1.54) is 0 Å². The van der Waals surface area contributed by atoms with Crippen molar-refractivity contribution in [1.82, 2.24) is 0 Å². The highest BCUT2D eigenvalue weighted by Crippen LogP contribution is 2.29. The standard InChI is InChI=1S/C8H14O6/c1-8(2)13-5(4(10)3-9)6(14-8)7(11)12/h4-6,9-10H,3H2,1-2H3,(H,11,12)/t4-,5+,6+/m1/s1. The Kier molecular flexibility index (Phi) is 3.10. The molecule has 0 amide bonds. The second kappa shape index (κ2) is 3.82. The first-order valence-corrected chi connectivity index (χ1v) is 4.25. The molecular weight excluding hydrogens is 192 g/mol. The lowest BCUT2D eigenvalue weighted by molar-refractivity contribution is -0.167. The van der Waals surface area contributed by atoms with E-state index in [-0.39, 0.29) is 0 Å². The Hall–Kier alpha value is -0.690. The number of aliphatic hydroxyl groups is 2. The smallest absolute Gasteiger partial charge is 0.335 e. The molecule has 1 heterocycles. The van der Waals surface area contributed by atoms with Crippen molar-refractivity contribution in [2.45, 2.75) is 37.9 Å². The third kappa shape index (κ3) is 2.21. The van der Waals surface area contributed by atoms with E-state index in [2.05, 4.69) is 0 Å². The van der Waals surface area contributed by atoms with Crippen LogP contribution in [0.3, 0.4) is 0 Å². The highest BCUT2D eigenvalue weighted by molar-refractivity contribution is 5.73. The van der Waals surface area contributed by atoms with E-state index in [0.717, 1.165) is 0 Å². The molecule has 1 aliphatic heterocycles. The number of hydrogen-bond donors (Lipinski definition) is 3. The van der Waals surface area contributed by atoms with Gasteiger partial charge in [0.2, 0.25) is 0 Å². The summed E-state index contributed by atoms with van der Waals surface area (Å²) in [7, 11) is 0. The van der Waals surface area contributed by atoms with Gasteiger partial charge in [-0.3, -0.25) is 0 Å². The molecule has 6 heteroatoms. The molecule has 1 aliphatic rings. The Bertz CT molecular complexity index is 226. The van der Waals surface area contributed by atoms with Gasteiger partial charge in [0.15, 0.2) is 11.9 Å². The van der Waals surface area contributed by atoms with Crippen molar-refractivity contribution < 1.29 is 29.6 Å². The number of aliphatic carboxylic acids is 1. The van der Waals surface area contributed by atoms with E-state index >= 15 is 0 Å². The van der Waals surface area contributed by atoms with E-state index < -0.39 is 36.7 Å². The monoisotopic (exact) mass is 206 g/mol. The SMILES string of the molecule is CC1(C)O[C@@H]([C@H](O)CO)[C@@H](C(=O)O)O1. The summed E-state index contributed by atoms with van der Waals surface area (Å²) in [5.41, 5.74) is 0. The van der Waals surface area contributed by atoms with Gasteiger partial charge in [-0.2, -0.15) is 0 Å². The summed E-state index contributed by atoms with van der Waals surface area (Å²) in [6.07, 6.45) is -3.53. The van der Waals surface area contributed by atoms with Gasteiger partial charge in [-0.05, 0) is 13.8 Å². The van der Waals surface area contributed by atoms with Gasteiger partial charge in [-0.25, -0.2) is 4.79 Å². The fourth-order valence-corrected chi connectivity index (χ4v) is 1.37. The van der Waals surface area contributed by atoms with Crippen LogP contribution in [0, 0.1) is 0 Å². The second-order valence-electron chi connectivity index (χ2n) is 3.61. The highest BCUT2D eigenvalue weighted by atomic mass is 16.8. The summed E-state index contributed by atoms with van der Waals surface area (Å²) in [6.45, 7) is 2.54. The van der Waals surface area contributed by atoms with Gasteiger partial charge < -0.3 is 24.8 Å². The van der Waals surface area contributed by atoms with Crippen LogP contribution >= 0.6 is 0 Å². The normalized spacial score (nSPS) is 32.9. The molecule has 0 saturated carbocycles. The zero-order valence-corrected chi connectivity index (χ0v) is 8.01. The maximum absolute atomic E-state index is 10.7. The molecule has 0 aromatic carbocycles. The Morgan fingerprint density at radius 2 is 2.07 bits per heavy atom. The fraction of sp³-hybridized carbons (Fsp3) is 0.875. The second-order valence-corrected chi connectivity index (χ2v) is 3.61. The average Bonchev–Trinajstić information content (AvgIpc) is 2.40. The summed E-state index contributed by atoms with van der Waals surface area (Å²) in [5, 5.41) is 26.7. The third-order valence-corrected chi connectivity index (χ3v) is 1.94. The van der Waals surface area contributed by atoms with E-state index in [1.807, 2.05) is 0 Å². The molecule has 0 spiro atoms. The molecule has 1 rings (SSSR count). The Labute approximate surface area is 81.1 Å². The summed E-state index contributed by atoms with van der Waals surface area (Å²) in [6, 6.07) is 0. The number of aliphatic hydroxyl groups excluding tert-OH is 2. The van der Waals surface area contributed by atoms with E-state index in [4.69, 9.17) is 19.7 Å². The van der Waals surface area contributed by atoms with Crippen LogP contribution < -0.4 is 0 Å². The van der Waals surface area contributed by atoms with Crippen LogP contribution in [0.1, 0.15) is 13.8 Å². The molecule has 1 saturated heterocycles. The minimum Gasteiger partial charge on any atom is -0.479 e. The largest absolute Gasteiger partial charge is 0.479 e. The molecule has 6 nitrogen and oxygen atoms in total. The van der Waals surface area contributed by atoms with E-state index in [9.17, 15) is 9.90 Å². The molecule has 0 aromatic heterocycles. The van der Waals surface area contributed by atoms with Crippen molar-refractivity contribution in [3.63, 3.8) is 0 Å². The van der Waals surface area contributed by atoms with Crippen molar-refractivity contribution in [2.24, 2.45) is 0 Å². The third-order valence-electron chi connectivity index (χ3n) is 1.94. The minimum absolute atomic E-state index is 0.562. The average molecular weight is 206 g/mol. The zero-order valence-electron chi connectivity index (χ0n) is 8.01. The van der Waals surface area contributed by atoms with Crippen molar-refractivity contribution in [1.29, 1.82) is 0 Å². The van der Waals surface area contributed by atoms with Gasteiger partial charge in [0.1, 0.15) is 12.2 Å². The van der Waals surface area contributed by atoms with Crippen molar-refractivity contribution in [2.75, 3.05) is 6.61 Å². The van der Waals surface area contributed by atoms with Crippen LogP contribution in [0.25, 0.3) is 0 Å². The molecule has 82 valence electrons. The van der Waals surface area contributed by atoms with E-state index in [1.54, 1.807) is 13.8 Å². The lowest BCUT2D eigenvalue weighted by Crippen LogP contribution is -2.41. The maximum atomic E-state index is 10.7. The van der Waals surface area contributed by atoms with Crippen LogP contribution in [0.15, 0.2) is 0 Å². The van der Waals surface area contributed by atoms with Gasteiger partial charge in [0.05, 0.1) is 6.61 Å². The maximum Gasteiger partial charge on any atom is 0.335 e. The predicted octanol–water partition coefficient (Wildman–Crippen LogP) is -1.06. The van der Waals surface area contributed by atoms with Gasteiger partial charge >= 0.3 is 5.97 Å². The van der Waals surface area contributed by atoms with Crippen LogP contribution in [-0.4, -0.2) is 52.0 Å². The molecule has 0 unspecified atom stereocenters. The van der Waals surface area contributed by atoms with Crippen molar-refractivity contribution >= 4 is 5.97 Å². The quantitative estimate of drug-likeness (QED) is 0.545. The first kappa shape index (κ1) is 11.4. The Balaban J connectivity index is 2.77. The van der Waals surface area contributed by atoms with Gasteiger partial charge in [-0.1, -0.05) is 0 Å². The summed E-state index contributed by atoms with van der Waals surface area (Å²) >= 11 is 0. The number of carbonyl (C=O) groups is 1. The number of hydrogen-bond acceptors (Lipinski definition) is 5. The van der Waals surface area contributed by atoms with Crippen LogP contribution in [0.4, 0.5) is 0 Å². The lowest BCUT2D eigenvalue weighted by atomic mass is 10.1. The first-order chi connectivity index (χ1) is 6.37. The van der Waals surface area contributed by atoms with Crippen LogP contribution in [0.5, 0.6) is 0 Å². The molecule has 3 N–H and O–H groups in total. The summed E-state index contributed by atoms with van der Waals surface area (Å²) in [4.78, 5) is 10.7. The summed E-state index contributed by atoms with van der Waals surface area (Å²) in [5.74, 6) is -2.27. The molecule has 1 fully saturated rings. The Morgan fingerprint density at radius 3 is 2.50 bits per heavy atom. The molecule has 0 aromatic rings. The molecular formula is C8H14O6. The van der Waals surface area contributed by atoms with Gasteiger partial charge in [-0.15, -0.1) is 0 Å². The molecule has 0 radical (unpaired) electrons. The molecule has 0 bridgehead atoms. The predicted molar refractivity (Wildman–Crippen MR) is 44.6 cm³/mol. The van der Waals surface area contributed by atoms with Crippen molar-refractivity contribution in [3.05, 3.63) is 0 Å². The minimum atomic E-state index is -1.25. The highest BCUT2D eigenvalue weighted by Gasteiger charge is 2.48. The first-order valence-electron chi connectivity index (χ1n) is 4.25. The number of ether oxygens (including phenoxy) is 2. The molecule has 0 aliphatic carbocycles. The molecule has 3 atom stereocenters. The van der Waals surface area contributed by atoms with Crippen molar-refractivity contribution in [3.8, 4) is 0 Å². The fourth-order valence-electron chi connectivity index (χ4n) is 1.37.